The van der Waals surface area contributed by atoms with Gasteiger partial charge in [0, 0.05) is 24.7 Å². The largest absolute Gasteiger partial charge is 0.351 e. The fourth-order valence-electron chi connectivity index (χ4n) is 3.58. The summed E-state index contributed by atoms with van der Waals surface area (Å²) in [4.78, 5) is 14.8. The van der Waals surface area contributed by atoms with Crippen molar-refractivity contribution < 1.29 is 4.79 Å². The van der Waals surface area contributed by atoms with Gasteiger partial charge in [0.2, 0.25) is 5.91 Å². The predicted molar refractivity (Wildman–Crippen MR) is 78.1 cm³/mol. The van der Waals surface area contributed by atoms with E-state index in [2.05, 4.69) is 36.3 Å². The second-order valence-corrected chi connectivity index (χ2v) is 6.30. The molecule has 0 bridgehead atoms. The lowest BCUT2D eigenvalue weighted by Gasteiger charge is -2.32. The van der Waals surface area contributed by atoms with Crippen LogP contribution in [0.15, 0.2) is 0 Å². The lowest BCUT2D eigenvalue weighted by molar-refractivity contribution is -0.127. The van der Waals surface area contributed by atoms with E-state index in [9.17, 15) is 4.79 Å². The summed E-state index contributed by atoms with van der Waals surface area (Å²) in [6.45, 7) is 8.53. The van der Waals surface area contributed by atoms with Crippen LogP contribution in [0.5, 0.6) is 0 Å². The Balaban J connectivity index is 1.87. The fraction of sp³-hybridized carbons (Fsp3) is 0.933. The molecule has 2 aliphatic rings. The zero-order valence-electron chi connectivity index (χ0n) is 12.6. The minimum atomic E-state index is -0.00393. The second-order valence-electron chi connectivity index (χ2n) is 6.30. The number of carbonyl (C=O) groups excluding carboxylic acids is 1. The molecular weight excluding hydrogens is 238 g/mol. The van der Waals surface area contributed by atoms with Gasteiger partial charge in [-0.1, -0.05) is 6.42 Å². The maximum Gasteiger partial charge on any atom is 0.237 e. The Hall–Kier alpha value is -0.610. The number of hydrogen-bond acceptors (Lipinski definition) is 3. The van der Waals surface area contributed by atoms with Crippen LogP contribution >= 0.6 is 0 Å². The van der Waals surface area contributed by atoms with E-state index in [4.69, 9.17) is 0 Å². The van der Waals surface area contributed by atoms with Gasteiger partial charge in [0.05, 0.1) is 6.04 Å². The minimum absolute atomic E-state index is 0.00393. The Bertz CT molecular complexity index is 290. The van der Waals surface area contributed by atoms with E-state index < -0.39 is 0 Å². The van der Waals surface area contributed by atoms with Crippen molar-refractivity contribution in [3.05, 3.63) is 0 Å². The van der Waals surface area contributed by atoms with Crippen LogP contribution in [0, 0.1) is 0 Å². The summed E-state index contributed by atoms with van der Waals surface area (Å²) in [6, 6.07) is 1.37. The van der Waals surface area contributed by atoms with Crippen molar-refractivity contribution in [2.24, 2.45) is 0 Å². The molecule has 4 unspecified atom stereocenters. The van der Waals surface area contributed by atoms with Crippen LogP contribution < -0.4 is 10.6 Å². The Labute approximate surface area is 117 Å². The number of nitrogens with zero attached hydrogens (tertiary/aromatic N) is 1. The summed E-state index contributed by atoms with van der Waals surface area (Å²) in [6.07, 6.45) is 5.97. The molecule has 2 saturated heterocycles. The van der Waals surface area contributed by atoms with Crippen molar-refractivity contribution in [3.63, 3.8) is 0 Å². The van der Waals surface area contributed by atoms with E-state index in [0.29, 0.717) is 18.1 Å². The van der Waals surface area contributed by atoms with Crippen molar-refractivity contribution in [2.45, 2.75) is 77.0 Å². The van der Waals surface area contributed by atoms with Gasteiger partial charge < -0.3 is 10.6 Å². The van der Waals surface area contributed by atoms with Crippen molar-refractivity contribution >= 4 is 5.91 Å². The molecule has 19 heavy (non-hydrogen) atoms. The lowest BCUT2D eigenvalue weighted by Crippen LogP contribution is -2.52. The summed E-state index contributed by atoms with van der Waals surface area (Å²) in [5, 5.41) is 6.63. The molecule has 2 N–H and O–H groups in total. The van der Waals surface area contributed by atoms with Crippen molar-refractivity contribution in [1.82, 2.24) is 15.5 Å². The third kappa shape index (κ3) is 3.69. The summed E-state index contributed by atoms with van der Waals surface area (Å²) >= 11 is 0. The summed E-state index contributed by atoms with van der Waals surface area (Å²) in [7, 11) is 0. The minimum Gasteiger partial charge on any atom is -0.351 e. The van der Waals surface area contributed by atoms with Gasteiger partial charge in [-0.25, -0.2) is 0 Å². The van der Waals surface area contributed by atoms with Gasteiger partial charge >= 0.3 is 0 Å². The number of hydrogen-bond donors (Lipinski definition) is 2. The topological polar surface area (TPSA) is 44.4 Å². The highest BCUT2D eigenvalue weighted by atomic mass is 16.2. The molecule has 1 amide bonds. The number of amides is 1. The van der Waals surface area contributed by atoms with Crippen molar-refractivity contribution in [1.29, 1.82) is 0 Å². The van der Waals surface area contributed by atoms with E-state index in [-0.39, 0.29) is 11.9 Å². The van der Waals surface area contributed by atoms with Gasteiger partial charge in [0.15, 0.2) is 0 Å². The highest BCUT2D eigenvalue weighted by Gasteiger charge is 2.34. The van der Waals surface area contributed by atoms with Crippen molar-refractivity contribution in [2.75, 3.05) is 13.1 Å². The molecule has 2 fully saturated rings. The molecule has 4 heteroatoms. The molecule has 2 rings (SSSR count). The number of nitrogens with one attached hydrogen (secondary N) is 2. The van der Waals surface area contributed by atoms with Gasteiger partial charge in [-0.3, -0.25) is 9.69 Å². The molecule has 0 aromatic carbocycles. The molecule has 0 spiro atoms. The van der Waals surface area contributed by atoms with E-state index in [0.717, 1.165) is 19.5 Å². The van der Waals surface area contributed by atoms with Crippen LogP contribution in [-0.2, 0) is 4.79 Å². The molecule has 4 nitrogen and oxygen atoms in total. The molecule has 110 valence electrons. The van der Waals surface area contributed by atoms with Crippen molar-refractivity contribution in [3.8, 4) is 0 Å². The number of rotatable bonds is 3. The van der Waals surface area contributed by atoms with E-state index in [1.165, 1.54) is 25.7 Å². The molecule has 2 heterocycles. The molecule has 4 atom stereocenters. The first-order valence-corrected chi connectivity index (χ1v) is 7.88. The summed E-state index contributed by atoms with van der Waals surface area (Å²) < 4.78 is 0. The average Bonchev–Trinajstić information content (AvgIpc) is 2.58. The zero-order chi connectivity index (χ0) is 13.8. The SMILES string of the molecule is CC1CCC(C)N1C(C)C(=O)NC1CCCCNC1. The molecular formula is C15H29N3O. The smallest absolute Gasteiger partial charge is 0.237 e. The van der Waals surface area contributed by atoms with Gasteiger partial charge in [-0.15, -0.1) is 0 Å². The van der Waals surface area contributed by atoms with Crippen LogP contribution in [0.4, 0.5) is 0 Å². The highest BCUT2D eigenvalue weighted by Crippen LogP contribution is 2.25. The average molecular weight is 267 g/mol. The molecule has 0 aliphatic carbocycles. The molecule has 2 aliphatic heterocycles. The van der Waals surface area contributed by atoms with E-state index >= 15 is 0 Å². The quantitative estimate of drug-likeness (QED) is 0.814. The predicted octanol–water partition coefficient (Wildman–Crippen LogP) is 1.51. The van der Waals surface area contributed by atoms with Gasteiger partial charge in [0.25, 0.3) is 0 Å². The third-order valence-electron chi connectivity index (χ3n) is 4.74. The Kier molecular flexibility index (Phi) is 5.22. The third-order valence-corrected chi connectivity index (χ3v) is 4.74. The van der Waals surface area contributed by atoms with Crippen LogP contribution in [-0.4, -0.2) is 48.1 Å². The summed E-state index contributed by atoms with van der Waals surface area (Å²) in [5.74, 6) is 0.203. The highest BCUT2D eigenvalue weighted by molar-refractivity contribution is 5.81. The number of carbonyl (C=O) groups is 1. The maximum absolute atomic E-state index is 12.4. The Morgan fingerprint density at radius 1 is 1.21 bits per heavy atom. The fourth-order valence-corrected chi connectivity index (χ4v) is 3.58. The van der Waals surface area contributed by atoms with Crippen LogP contribution in [0.25, 0.3) is 0 Å². The van der Waals surface area contributed by atoms with E-state index in [1.54, 1.807) is 0 Å². The van der Waals surface area contributed by atoms with Gasteiger partial charge in [-0.2, -0.15) is 0 Å². The van der Waals surface area contributed by atoms with E-state index in [1.807, 2.05) is 0 Å². The van der Waals surface area contributed by atoms with Crippen LogP contribution in [0.1, 0.15) is 52.9 Å². The van der Waals surface area contributed by atoms with Gasteiger partial charge in [-0.05, 0) is 53.0 Å². The standard InChI is InChI=1S/C15H29N3O/c1-11-7-8-12(2)18(11)13(3)15(19)17-14-6-4-5-9-16-10-14/h11-14,16H,4-10H2,1-3H3,(H,17,19). The Morgan fingerprint density at radius 2 is 1.89 bits per heavy atom. The zero-order valence-corrected chi connectivity index (χ0v) is 12.6. The molecule has 0 saturated carbocycles. The lowest BCUT2D eigenvalue weighted by atomic mass is 10.1. The summed E-state index contributed by atoms with van der Waals surface area (Å²) in [5.41, 5.74) is 0. The number of likely N-dealkylation sites (tertiary alicyclic amines) is 1. The molecule has 0 aromatic heterocycles. The van der Waals surface area contributed by atoms with Crippen LogP contribution in [0.2, 0.25) is 0 Å². The monoisotopic (exact) mass is 267 g/mol. The second kappa shape index (κ2) is 6.71. The first-order chi connectivity index (χ1) is 9.09. The van der Waals surface area contributed by atoms with Gasteiger partial charge in [0.1, 0.15) is 0 Å². The molecule has 0 radical (unpaired) electrons. The normalized spacial score (nSPS) is 34.8. The maximum atomic E-state index is 12.4. The molecule has 0 aromatic rings. The first-order valence-electron chi connectivity index (χ1n) is 7.88. The first kappa shape index (κ1) is 14.8. The van der Waals surface area contributed by atoms with Crippen LogP contribution in [0.3, 0.4) is 0 Å². The Morgan fingerprint density at radius 3 is 2.58 bits per heavy atom.